The van der Waals surface area contributed by atoms with Crippen LogP contribution in [0.5, 0.6) is 0 Å². The fourth-order valence-electron chi connectivity index (χ4n) is 3.44. The molecule has 2 fully saturated rings. The highest BCUT2D eigenvalue weighted by atomic mass is 16.4. The van der Waals surface area contributed by atoms with E-state index in [2.05, 4.69) is 10.3 Å². The van der Waals surface area contributed by atoms with Crippen LogP contribution >= 0.6 is 0 Å². The summed E-state index contributed by atoms with van der Waals surface area (Å²) in [6.45, 7) is 1.14. The molecule has 0 bridgehead atoms. The van der Waals surface area contributed by atoms with Gasteiger partial charge in [-0.05, 0) is 31.4 Å². The summed E-state index contributed by atoms with van der Waals surface area (Å²) < 4.78 is 0. The molecule has 2 aliphatic heterocycles. The van der Waals surface area contributed by atoms with Crippen molar-refractivity contribution < 1.29 is 29.7 Å². The van der Waals surface area contributed by atoms with Gasteiger partial charge in [-0.1, -0.05) is 0 Å². The molecule has 0 saturated carbocycles. The Balaban J connectivity index is 0.000000701. The molecular weight excluding hydrogens is 330 g/mol. The Labute approximate surface area is 144 Å². The van der Waals surface area contributed by atoms with Gasteiger partial charge in [0.05, 0.1) is 11.5 Å². The smallest absolute Gasteiger partial charge is 0.339 e. The van der Waals surface area contributed by atoms with E-state index in [0.717, 1.165) is 6.42 Å². The maximum absolute atomic E-state index is 12.3. The van der Waals surface area contributed by atoms with Gasteiger partial charge in [0.25, 0.3) is 6.47 Å². The number of hydrogen-bond donors (Lipinski definition) is 4. The number of carbonyl (C=O) groups excluding carboxylic acids is 1. The normalized spacial score (nSPS) is 25.6. The fourth-order valence-corrected chi connectivity index (χ4v) is 3.44. The summed E-state index contributed by atoms with van der Waals surface area (Å²) in [5.41, 5.74) is -0.755. The topological polar surface area (TPSA) is 140 Å². The van der Waals surface area contributed by atoms with E-state index < -0.39 is 17.5 Å². The van der Waals surface area contributed by atoms with Gasteiger partial charge >= 0.3 is 5.97 Å². The van der Waals surface area contributed by atoms with Crippen LogP contribution in [-0.4, -0.2) is 64.4 Å². The van der Waals surface area contributed by atoms with Crippen LogP contribution in [0.2, 0.25) is 0 Å². The number of nitrogens with zero attached hydrogens (tertiary/aromatic N) is 2. The van der Waals surface area contributed by atoms with Gasteiger partial charge in [-0.25, -0.2) is 9.78 Å². The van der Waals surface area contributed by atoms with E-state index in [1.54, 1.807) is 17.2 Å². The molecule has 1 aromatic rings. The van der Waals surface area contributed by atoms with E-state index in [1.165, 1.54) is 6.07 Å². The second-order valence-corrected chi connectivity index (χ2v) is 6.03. The number of piperidine rings is 2. The molecule has 25 heavy (non-hydrogen) atoms. The second kappa shape index (κ2) is 7.93. The Morgan fingerprint density at radius 1 is 1.48 bits per heavy atom. The molecule has 136 valence electrons. The van der Waals surface area contributed by atoms with Crippen LogP contribution in [0.1, 0.15) is 29.6 Å². The van der Waals surface area contributed by atoms with Crippen molar-refractivity contribution in [3.05, 3.63) is 23.9 Å². The van der Waals surface area contributed by atoms with Crippen LogP contribution in [0.25, 0.3) is 0 Å². The van der Waals surface area contributed by atoms with Crippen LogP contribution in [-0.2, 0) is 9.59 Å². The lowest BCUT2D eigenvalue weighted by Gasteiger charge is -2.47. The Kier molecular flexibility index (Phi) is 5.92. The van der Waals surface area contributed by atoms with E-state index in [-0.39, 0.29) is 24.5 Å². The minimum Gasteiger partial charge on any atom is -0.483 e. The number of amides is 1. The van der Waals surface area contributed by atoms with Crippen LogP contribution in [0, 0.1) is 5.41 Å². The number of carbonyl (C=O) groups is 3. The number of rotatable bonds is 2. The van der Waals surface area contributed by atoms with Crippen molar-refractivity contribution in [1.82, 2.24) is 10.3 Å². The van der Waals surface area contributed by atoms with E-state index >= 15 is 0 Å². The zero-order valence-electron chi connectivity index (χ0n) is 13.6. The highest BCUT2D eigenvalue weighted by Crippen LogP contribution is 2.39. The Bertz CT molecular complexity index is 653. The maximum Gasteiger partial charge on any atom is 0.339 e. The number of aliphatic hydroxyl groups is 1. The number of aromatic nitrogens is 1. The van der Waals surface area contributed by atoms with Crippen molar-refractivity contribution in [1.29, 1.82) is 0 Å². The molecule has 2 atom stereocenters. The van der Waals surface area contributed by atoms with E-state index in [1.807, 2.05) is 0 Å². The molecule has 1 spiro atoms. The number of carboxylic acid groups (broad SMARTS) is 2. The van der Waals surface area contributed by atoms with Crippen LogP contribution in [0.15, 0.2) is 18.3 Å². The number of carboxylic acids is 1. The third-order valence-electron chi connectivity index (χ3n) is 4.64. The highest BCUT2D eigenvalue weighted by molar-refractivity contribution is 5.93. The van der Waals surface area contributed by atoms with Crippen LogP contribution in [0.3, 0.4) is 0 Å². The van der Waals surface area contributed by atoms with Gasteiger partial charge in [0, 0.05) is 25.8 Å². The lowest BCUT2D eigenvalue weighted by atomic mass is 9.71. The number of aliphatic hydroxyl groups excluding tert-OH is 1. The monoisotopic (exact) mass is 351 g/mol. The summed E-state index contributed by atoms with van der Waals surface area (Å²) in [7, 11) is 0. The molecular formula is C16H21N3O6. The Morgan fingerprint density at radius 2 is 2.20 bits per heavy atom. The minimum absolute atomic E-state index is 0.116. The molecule has 3 heterocycles. The Morgan fingerprint density at radius 3 is 2.84 bits per heavy atom. The number of hydrogen-bond acceptors (Lipinski definition) is 6. The highest BCUT2D eigenvalue weighted by Gasteiger charge is 2.50. The first-order valence-electron chi connectivity index (χ1n) is 7.93. The molecule has 9 nitrogen and oxygen atoms in total. The van der Waals surface area contributed by atoms with Gasteiger partial charge in [-0.2, -0.15) is 0 Å². The quantitative estimate of drug-likeness (QED) is 0.544. The first kappa shape index (κ1) is 18.7. The molecule has 0 aromatic carbocycles. The predicted molar refractivity (Wildman–Crippen MR) is 87.4 cm³/mol. The van der Waals surface area contributed by atoms with E-state index in [9.17, 15) is 19.8 Å². The first-order valence-corrected chi connectivity index (χ1v) is 7.93. The third-order valence-corrected chi connectivity index (χ3v) is 4.64. The van der Waals surface area contributed by atoms with Crippen LogP contribution < -0.4 is 10.2 Å². The summed E-state index contributed by atoms with van der Waals surface area (Å²) >= 11 is 0. The molecule has 0 aliphatic carbocycles. The third kappa shape index (κ3) is 3.71. The lowest BCUT2D eigenvalue weighted by molar-refractivity contribution is -0.142. The van der Waals surface area contributed by atoms with Crippen LogP contribution in [0.4, 0.5) is 5.82 Å². The summed E-state index contributed by atoms with van der Waals surface area (Å²) in [6, 6.07) is 3.08. The molecule has 2 saturated heterocycles. The number of aromatic carboxylic acids is 1. The largest absolute Gasteiger partial charge is 0.483 e. The summed E-state index contributed by atoms with van der Waals surface area (Å²) in [5, 5.41) is 29.4. The SMILES string of the molecule is O=C(O)c1cccnc1N1CC[C@@H](O)[C@@]2(CCCNC2=O)C1.O=CO. The maximum atomic E-state index is 12.3. The molecule has 2 aliphatic rings. The van der Waals surface area contributed by atoms with E-state index in [0.29, 0.717) is 31.7 Å². The van der Waals surface area contributed by atoms with Gasteiger partial charge in [0.2, 0.25) is 5.91 Å². The summed E-state index contributed by atoms with van der Waals surface area (Å²) in [6.07, 6.45) is 2.67. The molecule has 3 rings (SSSR count). The molecule has 0 unspecified atom stereocenters. The summed E-state index contributed by atoms with van der Waals surface area (Å²) in [4.78, 5) is 38.1. The molecule has 9 heteroatoms. The standard InChI is InChI=1S/C15H19N3O4.CH2O2/c19-11-4-8-18(9-15(11)5-2-7-17-14(15)22)12-10(13(20)21)3-1-6-16-12;2-1-3/h1,3,6,11,19H,2,4-5,7-9H2,(H,17,22)(H,20,21);1H,(H,2,3)/t11-,15-;/m1./s1. The summed E-state index contributed by atoms with van der Waals surface area (Å²) in [5.74, 6) is -0.834. The zero-order valence-corrected chi connectivity index (χ0v) is 13.6. The lowest BCUT2D eigenvalue weighted by Crippen LogP contribution is -2.61. The van der Waals surface area contributed by atoms with Crippen molar-refractivity contribution in [3.8, 4) is 0 Å². The minimum atomic E-state index is -1.05. The second-order valence-electron chi connectivity index (χ2n) is 6.03. The molecule has 4 N–H and O–H groups in total. The fraction of sp³-hybridized carbons (Fsp3) is 0.500. The van der Waals surface area contributed by atoms with Crippen molar-refractivity contribution in [2.24, 2.45) is 5.41 Å². The molecule has 1 aromatic heterocycles. The average Bonchev–Trinajstić information content (AvgIpc) is 2.60. The molecule has 1 amide bonds. The van der Waals surface area contributed by atoms with Crippen molar-refractivity contribution in [2.75, 3.05) is 24.5 Å². The Hall–Kier alpha value is -2.68. The van der Waals surface area contributed by atoms with Gasteiger partial charge in [-0.15, -0.1) is 0 Å². The first-order chi connectivity index (χ1) is 12.0. The van der Waals surface area contributed by atoms with Gasteiger partial charge in [0.15, 0.2) is 0 Å². The van der Waals surface area contributed by atoms with Gasteiger partial charge in [0.1, 0.15) is 11.4 Å². The number of anilines is 1. The van der Waals surface area contributed by atoms with Crippen molar-refractivity contribution in [2.45, 2.75) is 25.4 Å². The predicted octanol–water partition coefficient (Wildman–Crippen LogP) is -0.0520. The van der Waals surface area contributed by atoms with Gasteiger partial charge in [-0.3, -0.25) is 9.59 Å². The van der Waals surface area contributed by atoms with Gasteiger partial charge < -0.3 is 25.5 Å². The average molecular weight is 351 g/mol. The van der Waals surface area contributed by atoms with Crippen molar-refractivity contribution >= 4 is 24.2 Å². The van der Waals surface area contributed by atoms with Crippen molar-refractivity contribution in [3.63, 3.8) is 0 Å². The number of nitrogens with one attached hydrogen (secondary N) is 1. The van der Waals surface area contributed by atoms with E-state index in [4.69, 9.17) is 9.90 Å². The molecule has 0 radical (unpaired) electrons. The number of pyridine rings is 1. The zero-order chi connectivity index (χ0) is 18.4.